The molecule has 0 bridgehead atoms. The van der Waals surface area contributed by atoms with Crippen molar-refractivity contribution in [1.29, 1.82) is 0 Å². The molecule has 1 amide bonds. The Bertz CT molecular complexity index is 1280. The van der Waals surface area contributed by atoms with Gasteiger partial charge >= 0.3 is 0 Å². The van der Waals surface area contributed by atoms with Crippen LogP contribution >= 0.6 is 15.9 Å². The summed E-state index contributed by atoms with van der Waals surface area (Å²) in [5, 5.41) is 11.3. The normalized spacial score (nSPS) is 17.2. The van der Waals surface area contributed by atoms with Crippen LogP contribution in [0, 0.1) is 6.92 Å². The van der Waals surface area contributed by atoms with Gasteiger partial charge in [-0.05, 0) is 70.9 Å². The second kappa shape index (κ2) is 9.35. The number of hydrogen-bond donors (Lipinski definition) is 1. The first kappa shape index (κ1) is 23.6. The number of nitrogens with zero attached hydrogens (tertiary/aromatic N) is 2. The molecule has 3 aromatic carbocycles. The lowest BCUT2D eigenvalue weighted by atomic mass is 9.95. The van der Waals surface area contributed by atoms with Crippen LogP contribution in [0.5, 0.6) is 5.75 Å². The van der Waals surface area contributed by atoms with Crippen molar-refractivity contribution in [2.75, 3.05) is 31.0 Å². The Labute approximate surface area is 207 Å². The third-order valence-electron chi connectivity index (χ3n) is 5.91. The van der Waals surface area contributed by atoms with E-state index >= 15 is 0 Å². The highest BCUT2D eigenvalue weighted by Gasteiger charge is 2.47. The lowest BCUT2D eigenvalue weighted by Gasteiger charge is -2.26. The summed E-state index contributed by atoms with van der Waals surface area (Å²) in [6.07, 6.45) is 0. The van der Waals surface area contributed by atoms with Gasteiger partial charge in [0.1, 0.15) is 11.5 Å². The summed E-state index contributed by atoms with van der Waals surface area (Å²) in [5.74, 6) is -1.06. The standard InChI is InChI=1S/C27H25BrN2O4/c1-16-5-10-20(11-6-16)30-24(17-7-12-19(13-8-17)29(2)3)23(26(32)27(30)33)25(31)18-9-14-22(34-4)21(28)15-18/h5-15,24,31H,1-4H3/b25-23-. The molecule has 0 aliphatic carbocycles. The average Bonchev–Trinajstić information content (AvgIpc) is 3.09. The minimum absolute atomic E-state index is 0.0419. The smallest absolute Gasteiger partial charge is 0.300 e. The number of aliphatic hydroxyl groups excluding tert-OH is 1. The third-order valence-corrected chi connectivity index (χ3v) is 6.53. The molecule has 7 heteroatoms. The number of ketones is 1. The maximum Gasteiger partial charge on any atom is 0.300 e. The molecule has 4 rings (SSSR count). The van der Waals surface area contributed by atoms with Crippen LogP contribution in [0.4, 0.5) is 11.4 Å². The van der Waals surface area contributed by atoms with E-state index in [2.05, 4.69) is 15.9 Å². The number of aryl methyl sites for hydroxylation is 1. The summed E-state index contributed by atoms with van der Waals surface area (Å²) in [6.45, 7) is 1.96. The number of aliphatic hydroxyl groups is 1. The number of benzene rings is 3. The monoisotopic (exact) mass is 520 g/mol. The van der Waals surface area contributed by atoms with E-state index in [1.54, 1.807) is 25.3 Å². The zero-order valence-corrected chi connectivity index (χ0v) is 21.0. The second-order valence-corrected chi connectivity index (χ2v) is 9.19. The Balaban J connectivity index is 1.92. The number of ether oxygens (including phenoxy) is 1. The number of Topliss-reactive ketones (excluding diaryl/α,β-unsaturated/α-hetero) is 1. The van der Waals surface area contributed by atoms with Gasteiger partial charge in [0.05, 0.1) is 23.2 Å². The number of rotatable bonds is 5. The van der Waals surface area contributed by atoms with Gasteiger partial charge in [-0.2, -0.15) is 0 Å². The zero-order valence-electron chi connectivity index (χ0n) is 19.4. The number of carbonyl (C=O) groups excluding carboxylic acids is 2. The fourth-order valence-electron chi connectivity index (χ4n) is 4.04. The van der Waals surface area contributed by atoms with Gasteiger partial charge in [-0.25, -0.2) is 0 Å². The van der Waals surface area contributed by atoms with Crippen LogP contribution in [0.15, 0.2) is 76.8 Å². The largest absolute Gasteiger partial charge is 0.507 e. The Kier molecular flexibility index (Phi) is 6.48. The Hall–Kier alpha value is -3.58. The van der Waals surface area contributed by atoms with Crippen molar-refractivity contribution in [3.8, 4) is 5.75 Å². The molecule has 0 aromatic heterocycles. The highest BCUT2D eigenvalue weighted by atomic mass is 79.9. The predicted molar refractivity (Wildman–Crippen MR) is 137 cm³/mol. The van der Waals surface area contributed by atoms with Gasteiger partial charge in [0.2, 0.25) is 0 Å². The van der Waals surface area contributed by atoms with E-state index in [0.717, 1.165) is 16.8 Å². The van der Waals surface area contributed by atoms with E-state index in [9.17, 15) is 14.7 Å². The highest BCUT2D eigenvalue weighted by molar-refractivity contribution is 9.10. The van der Waals surface area contributed by atoms with Gasteiger partial charge in [0.25, 0.3) is 11.7 Å². The van der Waals surface area contributed by atoms with Gasteiger partial charge in [0, 0.05) is 31.0 Å². The minimum Gasteiger partial charge on any atom is -0.507 e. The molecule has 1 atom stereocenters. The fourth-order valence-corrected chi connectivity index (χ4v) is 4.58. The van der Waals surface area contributed by atoms with E-state index < -0.39 is 17.7 Å². The summed E-state index contributed by atoms with van der Waals surface area (Å²) in [5.41, 5.74) is 3.78. The molecule has 1 N–H and O–H groups in total. The molecule has 1 unspecified atom stereocenters. The van der Waals surface area contributed by atoms with Crippen molar-refractivity contribution in [3.05, 3.63) is 93.5 Å². The molecule has 1 fully saturated rings. The number of anilines is 2. The quantitative estimate of drug-likeness (QED) is 0.275. The van der Waals surface area contributed by atoms with Gasteiger partial charge < -0.3 is 14.7 Å². The topological polar surface area (TPSA) is 70.1 Å². The molecular weight excluding hydrogens is 496 g/mol. The van der Waals surface area contributed by atoms with E-state index in [0.29, 0.717) is 21.5 Å². The number of methoxy groups -OCH3 is 1. The van der Waals surface area contributed by atoms with Gasteiger partial charge in [0.15, 0.2) is 0 Å². The maximum absolute atomic E-state index is 13.3. The number of halogens is 1. The molecule has 34 heavy (non-hydrogen) atoms. The predicted octanol–water partition coefficient (Wildman–Crippen LogP) is 5.46. The van der Waals surface area contributed by atoms with Crippen LogP contribution in [0.3, 0.4) is 0 Å². The first-order chi connectivity index (χ1) is 16.2. The summed E-state index contributed by atoms with van der Waals surface area (Å²) >= 11 is 3.42. The van der Waals surface area contributed by atoms with Crippen LogP contribution in [0.1, 0.15) is 22.7 Å². The summed E-state index contributed by atoms with van der Waals surface area (Å²) in [4.78, 5) is 30.0. The molecule has 1 saturated heterocycles. The number of amides is 1. The lowest BCUT2D eigenvalue weighted by molar-refractivity contribution is -0.132. The van der Waals surface area contributed by atoms with Crippen molar-refractivity contribution in [2.24, 2.45) is 0 Å². The molecule has 6 nitrogen and oxygen atoms in total. The summed E-state index contributed by atoms with van der Waals surface area (Å²) in [7, 11) is 5.42. The third kappa shape index (κ3) is 4.19. The van der Waals surface area contributed by atoms with Crippen LogP contribution in [-0.2, 0) is 9.59 Å². The zero-order chi connectivity index (χ0) is 24.6. The molecule has 0 saturated carbocycles. The van der Waals surface area contributed by atoms with Crippen LogP contribution in [0.25, 0.3) is 5.76 Å². The number of carbonyl (C=O) groups is 2. The van der Waals surface area contributed by atoms with Gasteiger partial charge in [-0.3, -0.25) is 14.5 Å². The van der Waals surface area contributed by atoms with E-state index in [4.69, 9.17) is 4.74 Å². The van der Waals surface area contributed by atoms with Crippen molar-refractivity contribution in [1.82, 2.24) is 0 Å². The molecule has 1 heterocycles. The SMILES string of the molecule is COc1ccc(/C(O)=C2/C(=O)C(=O)N(c3ccc(C)cc3)C2c2ccc(N(C)C)cc2)cc1Br. The highest BCUT2D eigenvalue weighted by Crippen LogP contribution is 2.43. The maximum atomic E-state index is 13.3. The average molecular weight is 521 g/mol. The molecular formula is C27H25BrN2O4. The molecule has 1 aliphatic heterocycles. The van der Waals surface area contributed by atoms with Crippen LogP contribution in [-0.4, -0.2) is 38.0 Å². The lowest BCUT2D eigenvalue weighted by Crippen LogP contribution is -2.29. The minimum atomic E-state index is -0.778. The van der Waals surface area contributed by atoms with Gasteiger partial charge in [-0.1, -0.05) is 29.8 Å². The van der Waals surface area contributed by atoms with E-state index in [1.807, 2.05) is 74.4 Å². The van der Waals surface area contributed by atoms with Crippen molar-refractivity contribution >= 4 is 44.8 Å². The Morgan fingerprint density at radius 1 is 1.00 bits per heavy atom. The van der Waals surface area contributed by atoms with Crippen molar-refractivity contribution < 1.29 is 19.4 Å². The molecule has 3 aromatic rings. The molecule has 0 spiro atoms. The van der Waals surface area contributed by atoms with E-state index in [1.165, 1.54) is 4.90 Å². The molecule has 174 valence electrons. The van der Waals surface area contributed by atoms with Gasteiger partial charge in [-0.15, -0.1) is 0 Å². The van der Waals surface area contributed by atoms with Crippen molar-refractivity contribution in [2.45, 2.75) is 13.0 Å². The fraction of sp³-hybridized carbons (Fsp3) is 0.185. The second-order valence-electron chi connectivity index (χ2n) is 8.34. The first-order valence-electron chi connectivity index (χ1n) is 10.7. The van der Waals surface area contributed by atoms with Crippen molar-refractivity contribution in [3.63, 3.8) is 0 Å². The van der Waals surface area contributed by atoms with Crippen LogP contribution in [0.2, 0.25) is 0 Å². The number of hydrogen-bond acceptors (Lipinski definition) is 5. The Morgan fingerprint density at radius 3 is 2.21 bits per heavy atom. The van der Waals surface area contributed by atoms with E-state index in [-0.39, 0.29) is 11.3 Å². The molecule has 0 radical (unpaired) electrons. The molecule has 1 aliphatic rings. The van der Waals surface area contributed by atoms with Crippen LogP contribution < -0.4 is 14.5 Å². The summed E-state index contributed by atoms with van der Waals surface area (Å²) in [6, 6.07) is 19.2. The first-order valence-corrected chi connectivity index (χ1v) is 11.5. The Morgan fingerprint density at radius 2 is 1.65 bits per heavy atom. The summed E-state index contributed by atoms with van der Waals surface area (Å²) < 4.78 is 5.89.